The Bertz CT molecular complexity index is 966. The highest BCUT2D eigenvalue weighted by molar-refractivity contribution is 6.08. The predicted octanol–water partition coefficient (Wildman–Crippen LogP) is 4.47. The lowest BCUT2D eigenvalue weighted by Crippen LogP contribution is -2.37. The number of nitrogens with zero attached hydrogens (tertiary/aromatic N) is 2. The van der Waals surface area contributed by atoms with E-state index in [1.807, 2.05) is 4.90 Å². The van der Waals surface area contributed by atoms with E-state index in [0.717, 1.165) is 60.6 Å². The number of halogens is 2. The smallest absolute Gasteiger partial charge is 0.226 e. The third-order valence-electron chi connectivity index (χ3n) is 6.05. The van der Waals surface area contributed by atoms with E-state index >= 15 is 0 Å². The molecule has 2 bridgehead atoms. The van der Waals surface area contributed by atoms with Crippen LogP contribution in [0.2, 0.25) is 0 Å². The summed E-state index contributed by atoms with van der Waals surface area (Å²) in [7, 11) is 0. The van der Waals surface area contributed by atoms with E-state index in [1.165, 1.54) is 24.3 Å². The molecule has 2 fully saturated rings. The van der Waals surface area contributed by atoms with Gasteiger partial charge in [-0.2, -0.15) is 0 Å². The van der Waals surface area contributed by atoms with E-state index in [4.69, 9.17) is 0 Å². The summed E-state index contributed by atoms with van der Waals surface area (Å²) >= 11 is 0. The van der Waals surface area contributed by atoms with Gasteiger partial charge in [-0.1, -0.05) is 0 Å². The minimum Gasteiger partial charge on any atom is -0.340 e. The lowest BCUT2D eigenvalue weighted by molar-refractivity contribution is -0.134. The Labute approximate surface area is 150 Å². The molecule has 26 heavy (non-hydrogen) atoms. The summed E-state index contributed by atoms with van der Waals surface area (Å²) in [4.78, 5) is 14.3. The molecule has 2 atom stereocenters. The number of aryl methyl sites for hydroxylation is 1. The zero-order chi connectivity index (χ0) is 17.8. The van der Waals surface area contributed by atoms with Gasteiger partial charge in [-0.25, -0.2) is 8.78 Å². The van der Waals surface area contributed by atoms with E-state index in [0.29, 0.717) is 11.9 Å². The van der Waals surface area contributed by atoms with Crippen LogP contribution in [0.15, 0.2) is 36.4 Å². The number of rotatable bonds is 4. The van der Waals surface area contributed by atoms with Gasteiger partial charge in [0.15, 0.2) is 0 Å². The highest BCUT2D eigenvalue weighted by atomic mass is 19.1. The zero-order valence-corrected chi connectivity index (χ0v) is 14.4. The van der Waals surface area contributed by atoms with Crippen molar-refractivity contribution in [3.8, 4) is 0 Å². The molecule has 1 amide bonds. The van der Waals surface area contributed by atoms with Crippen molar-refractivity contribution in [3.05, 3.63) is 48.0 Å². The van der Waals surface area contributed by atoms with Gasteiger partial charge in [0.05, 0.1) is 0 Å². The SMILES string of the molecule is O=C1C2CC[C@@H](C2)N1CCCn1c2ccc(F)cc2c2cc(F)ccc21. The molecule has 134 valence electrons. The molecule has 1 saturated carbocycles. The van der Waals surface area contributed by atoms with Crippen LogP contribution in [0.1, 0.15) is 25.7 Å². The number of likely N-dealkylation sites (tertiary alicyclic amines) is 1. The Balaban J connectivity index is 1.45. The summed E-state index contributed by atoms with van der Waals surface area (Å²) < 4.78 is 29.5. The number of aromatic nitrogens is 1. The fraction of sp³-hybridized carbons (Fsp3) is 0.381. The average Bonchev–Trinajstić information content (AvgIpc) is 3.29. The minimum absolute atomic E-state index is 0.249. The maximum atomic E-state index is 13.7. The second-order valence-electron chi connectivity index (χ2n) is 7.52. The number of carbonyl (C=O) groups is 1. The Kier molecular flexibility index (Phi) is 3.52. The molecule has 1 unspecified atom stereocenters. The van der Waals surface area contributed by atoms with Gasteiger partial charge in [0.25, 0.3) is 0 Å². The highest BCUT2D eigenvalue weighted by Gasteiger charge is 2.43. The average molecular weight is 354 g/mol. The summed E-state index contributed by atoms with van der Waals surface area (Å²) in [5.74, 6) is -0.0780. The van der Waals surface area contributed by atoms with Gasteiger partial charge in [0, 0.05) is 46.9 Å². The molecule has 1 aromatic heterocycles. The number of amides is 1. The number of hydrogen-bond donors (Lipinski definition) is 0. The van der Waals surface area contributed by atoms with Crippen molar-refractivity contribution in [2.24, 2.45) is 5.92 Å². The van der Waals surface area contributed by atoms with Crippen LogP contribution in [-0.2, 0) is 11.3 Å². The van der Waals surface area contributed by atoms with Crippen LogP contribution < -0.4 is 0 Å². The Morgan fingerprint density at radius 3 is 2.15 bits per heavy atom. The van der Waals surface area contributed by atoms with Gasteiger partial charge in [0.1, 0.15) is 11.6 Å². The van der Waals surface area contributed by atoms with Gasteiger partial charge in [-0.05, 0) is 62.1 Å². The summed E-state index contributed by atoms with van der Waals surface area (Å²) in [6.07, 6.45) is 4.03. The first-order valence-corrected chi connectivity index (χ1v) is 9.29. The first-order valence-electron chi connectivity index (χ1n) is 9.29. The molecule has 1 saturated heterocycles. The summed E-state index contributed by atoms with van der Waals surface area (Å²) in [6, 6.07) is 9.76. The zero-order valence-electron chi connectivity index (χ0n) is 14.4. The van der Waals surface area contributed by atoms with E-state index in [2.05, 4.69) is 4.57 Å². The fourth-order valence-electron chi connectivity index (χ4n) is 4.86. The molecule has 2 aromatic carbocycles. The van der Waals surface area contributed by atoms with Gasteiger partial charge in [-0.3, -0.25) is 4.79 Å². The van der Waals surface area contributed by atoms with E-state index in [-0.39, 0.29) is 17.6 Å². The second kappa shape index (κ2) is 5.79. The number of carbonyl (C=O) groups excluding carboxylic acids is 1. The van der Waals surface area contributed by atoms with Crippen LogP contribution in [0.4, 0.5) is 8.78 Å². The number of piperidine rings is 1. The second-order valence-corrected chi connectivity index (χ2v) is 7.52. The first kappa shape index (κ1) is 15.8. The molecule has 5 heteroatoms. The van der Waals surface area contributed by atoms with Crippen LogP contribution in [0.5, 0.6) is 0 Å². The topological polar surface area (TPSA) is 25.2 Å². The molecule has 3 aromatic rings. The Morgan fingerprint density at radius 1 is 0.923 bits per heavy atom. The molecule has 0 spiro atoms. The van der Waals surface area contributed by atoms with Crippen molar-refractivity contribution in [2.45, 2.75) is 38.3 Å². The summed E-state index contributed by atoms with van der Waals surface area (Å²) in [5.41, 5.74) is 1.81. The Morgan fingerprint density at radius 2 is 1.58 bits per heavy atom. The maximum Gasteiger partial charge on any atom is 0.226 e. The van der Waals surface area contributed by atoms with Crippen molar-refractivity contribution < 1.29 is 13.6 Å². The standard InChI is InChI=1S/C21H20F2N2O/c22-14-3-6-19-17(11-14)18-12-15(23)4-7-20(18)25(19)9-1-8-24-16-5-2-13(10-16)21(24)26/h3-4,6-7,11-13,16H,1-2,5,8-10H2/t13?,16-/m0/s1. The molecule has 1 aliphatic carbocycles. The van der Waals surface area contributed by atoms with Crippen molar-refractivity contribution >= 4 is 27.7 Å². The third-order valence-corrected chi connectivity index (χ3v) is 6.05. The van der Waals surface area contributed by atoms with E-state index in [9.17, 15) is 13.6 Å². The first-order chi connectivity index (χ1) is 12.6. The molecule has 2 aliphatic rings. The lowest BCUT2D eigenvalue weighted by Gasteiger charge is -2.27. The van der Waals surface area contributed by atoms with Gasteiger partial charge in [-0.15, -0.1) is 0 Å². The quantitative estimate of drug-likeness (QED) is 0.678. The molecule has 5 rings (SSSR count). The monoisotopic (exact) mass is 354 g/mol. The normalized spacial score (nSPS) is 22.2. The molecule has 0 radical (unpaired) electrons. The van der Waals surface area contributed by atoms with Gasteiger partial charge in [0.2, 0.25) is 5.91 Å². The minimum atomic E-state index is -0.320. The van der Waals surface area contributed by atoms with Crippen molar-refractivity contribution in [2.75, 3.05) is 6.54 Å². The van der Waals surface area contributed by atoms with Crippen LogP contribution in [0, 0.1) is 17.6 Å². The number of fused-ring (bicyclic) bond motifs is 5. The number of hydrogen-bond acceptors (Lipinski definition) is 1. The molecular formula is C21H20F2N2O. The predicted molar refractivity (Wildman–Crippen MR) is 96.8 cm³/mol. The summed E-state index contributed by atoms with van der Waals surface area (Å²) in [6.45, 7) is 1.47. The molecule has 3 nitrogen and oxygen atoms in total. The summed E-state index contributed by atoms with van der Waals surface area (Å²) in [5, 5.41) is 1.46. The molecule has 2 heterocycles. The van der Waals surface area contributed by atoms with Gasteiger partial charge >= 0.3 is 0 Å². The fourth-order valence-corrected chi connectivity index (χ4v) is 4.86. The van der Waals surface area contributed by atoms with Crippen LogP contribution >= 0.6 is 0 Å². The van der Waals surface area contributed by atoms with Crippen LogP contribution in [0.25, 0.3) is 21.8 Å². The van der Waals surface area contributed by atoms with Crippen LogP contribution in [-0.4, -0.2) is 28.0 Å². The maximum absolute atomic E-state index is 13.7. The largest absolute Gasteiger partial charge is 0.340 e. The molecule has 0 N–H and O–H groups in total. The molecule has 1 aliphatic heterocycles. The van der Waals surface area contributed by atoms with E-state index in [1.54, 1.807) is 12.1 Å². The number of benzene rings is 2. The molecular weight excluding hydrogens is 334 g/mol. The third kappa shape index (κ3) is 2.33. The Hall–Kier alpha value is -2.43. The highest BCUT2D eigenvalue weighted by Crippen LogP contribution is 2.38. The van der Waals surface area contributed by atoms with Crippen LogP contribution in [0.3, 0.4) is 0 Å². The van der Waals surface area contributed by atoms with E-state index < -0.39 is 0 Å². The van der Waals surface area contributed by atoms with Crippen molar-refractivity contribution in [1.82, 2.24) is 9.47 Å². The van der Waals surface area contributed by atoms with Gasteiger partial charge < -0.3 is 9.47 Å². The van der Waals surface area contributed by atoms with Crippen molar-refractivity contribution in [3.63, 3.8) is 0 Å². The lowest BCUT2D eigenvalue weighted by atomic mass is 10.1. The van der Waals surface area contributed by atoms with Crippen molar-refractivity contribution in [1.29, 1.82) is 0 Å².